The average Bonchev–Trinajstić information content (AvgIpc) is 3.28. The topological polar surface area (TPSA) is 62.2 Å². The van der Waals surface area contributed by atoms with Gasteiger partial charge in [0, 0.05) is 34.2 Å². The quantitative estimate of drug-likeness (QED) is 0.910. The zero-order valence-electron chi connectivity index (χ0n) is 11.6. The molecule has 2 N–H and O–H groups in total. The molecule has 1 aliphatic carbocycles. The number of aliphatic hydroxyl groups excluding tert-OH is 1. The van der Waals surface area contributed by atoms with Crippen LogP contribution >= 0.6 is 11.6 Å². The number of nitrogens with zero attached hydrogens (tertiary/aromatic N) is 1. The highest BCUT2D eigenvalue weighted by molar-refractivity contribution is 6.31. The maximum Gasteiger partial charge on any atom is 0.228 e. The fourth-order valence-corrected chi connectivity index (χ4v) is 2.87. The number of benzene rings is 1. The Balaban J connectivity index is 1.73. The van der Waals surface area contributed by atoms with Crippen LogP contribution in [0, 0.1) is 11.7 Å². The lowest BCUT2D eigenvalue weighted by molar-refractivity contribution is -0.117. The number of anilines is 1. The molecule has 1 heterocycles. The van der Waals surface area contributed by atoms with Gasteiger partial charge in [0.2, 0.25) is 5.91 Å². The Hall–Kier alpha value is -1.98. The van der Waals surface area contributed by atoms with Gasteiger partial charge in [0.05, 0.1) is 18.5 Å². The number of pyridine rings is 1. The molecule has 0 bridgehead atoms. The van der Waals surface area contributed by atoms with E-state index < -0.39 is 0 Å². The summed E-state index contributed by atoms with van der Waals surface area (Å²) in [4.78, 5) is 16.2. The molecular formula is C16H14ClFN2O2. The first-order valence-electron chi connectivity index (χ1n) is 6.90. The summed E-state index contributed by atoms with van der Waals surface area (Å²) in [6.45, 7) is -0.189. The minimum atomic E-state index is -0.384. The number of amides is 1. The van der Waals surface area contributed by atoms with Crippen LogP contribution in [0.5, 0.6) is 0 Å². The molecule has 0 aliphatic heterocycles. The van der Waals surface area contributed by atoms with Gasteiger partial charge in [-0.2, -0.15) is 0 Å². The van der Waals surface area contributed by atoms with E-state index >= 15 is 0 Å². The first-order valence-corrected chi connectivity index (χ1v) is 7.28. The Labute approximate surface area is 132 Å². The van der Waals surface area contributed by atoms with Crippen LogP contribution in [0.25, 0.3) is 0 Å². The highest BCUT2D eigenvalue weighted by atomic mass is 35.5. The average molecular weight is 321 g/mol. The Kier molecular flexibility index (Phi) is 4.09. The van der Waals surface area contributed by atoms with Gasteiger partial charge >= 0.3 is 0 Å². The van der Waals surface area contributed by atoms with E-state index in [0.717, 1.165) is 0 Å². The van der Waals surface area contributed by atoms with Gasteiger partial charge < -0.3 is 10.4 Å². The first-order chi connectivity index (χ1) is 10.6. The fourth-order valence-electron chi connectivity index (χ4n) is 2.57. The standard InChI is InChI=1S/C16H14ClFN2O2/c17-12-2-1-3-13(18)15(12)10-6-11(10)16(22)20-14-7-19-5-4-9(14)8-21/h1-5,7,10-11,21H,6,8H2,(H,20,22). The molecular weight excluding hydrogens is 307 g/mol. The molecule has 6 heteroatoms. The predicted molar refractivity (Wildman–Crippen MR) is 81.0 cm³/mol. The monoisotopic (exact) mass is 320 g/mol. The SMILES string of the molecule is O=C(Nc1cnccc1CO)C1CC1c1c(F)cccc1Cl. The van der Waals surface area contributed by atoms with E-state index in [0.29, 0.717) is 28.3 Å². The minimum absolute atomic E-state index is 0.189. The van der Waals surface area contributed by atoms with Crippen molar-refractivity contribution >= 4 is 23.2 Å². The van der Waals surface area contributed by atoms with Crippen LogP contribution in [0.4, 0.5) is 10.1 Å². The van der Waals surface area contributed by atoms with Crippen molar-refractivity contribution in [2.45, 2.75) is 18.9 Å². The molecule has 1 fully saturated rings. The number of hydrogen-bond donors (Lipinski definition) is 2. The van der Waals surface area contributed by atoms with Crippen LogP contribution in [0.2, 0.25) is 5.02 Å². The van der Waals surface area contributed by atoms with Crippen molar-refractivity contribution in [1.29, 1.82) is 0 Å². The maximum atomic E-state index is 13.9. The third-order valence-electron chi connectivity index (χ3n) is 3.84. The maximum absolute atomic E-state index is 13.9. The Morgan fingerprint density at radius 1 is 1.45 bits per heavy atom. The third kappa shape index (κ3) is 2.82. The molecule has 4 nitrogen and oxygen atoms in total. The van der Waals surface area contributed by atoms with Crippen LogP contribution in [0.15, 0.2) is 36.7 Å². The largest absolute Gasteiger partial charge is 0.392 e. The molecule has 1 saturated carbocycles. The Morgan fingerprint density at radius 3 is 3.00 bits per heavy atom. The van der Waals surface area contributed by atoms with E-state index in [-0.39, 0.29) is 30.2 Å². The van der Waals surface area contributed by atoms with Crippen molar-refractivity contribution in [1.82, 2.24) is 4.98 Å². The van der Waals surface area contributed by atoms with E-state index in [1.807, 2.05) is 0 Å². The number of nitrogens with one attached hydrogen (secondary N) is 1. The Morgan fingerprint density at radius 2 is 2.27 bits per heavy atom. The van der Waals surface area contributed by atoms with Crippen LogP contribution in [0.1, 0.15) is 23.5 Å². The molecule has 2 unspecified atom stereocenters. The zero-order valence-corrected chi connectivity index (χ0v) is 12.3. The van der Waals surface area contributed by atoms with Crippen LogP contribution < -0.4 is 5.32 Å². The van der Waals surface area contributed by atoms with E-state index in [1.54, 1.807) is 24.4 Å². The number of carbonyl (C=O) groups is 1. The molecule has 0 spiro atoms. The van der Waals surface area contributed by atoms with Gasteiger partial charge in [-0.05, 0) is 24.6 Å². The summed E-state index contributed by atoms with van der Waals surface area (Å²) in [5.74, 6) is -1.12. The molecule has 1 aliphatic rings. The van der Waals surface area contributed by atoms with E-state index in [2.05, 4.69) is 10.3 Å². The van der Waals surface area contributed by atoms with Gasteiger partial charge in [-0.3, -0.25) is 9.78 Å². The highest BCUT2D eigenvalue weighted by Gasteiger charge is 2.46. The number of aliphatic hydroxyl groups is 1. The van der Waals surface area contributed by atoms with Crippen molar-refractivity contribution in [3.63, 3.8) is 0 Å². The van der Waals surface area contributed by atoms with Crippen LogP contribution in [-0.4, -0.2) is 16.0 Å². The summed E-state index contributed by atoms with van der Waals surface area (Å²) in [5.41, 5.74) is 1.46. The number of halogens is 2. The van der Waals surface area contributed by atoms with Gasteiger partial charge in [0.1, 0.15) is 5.82 Å². The molecule has 114 valence electrons. The normalized spacial score (nSPS) is 19.8. The van der Waals surface area contributed by atoms with Gasteiger partial charge in [0.25, 0.3) is 0 Å². The molecule has 2 atom stereocenters. The lowest BCUT2D eigenvalue weighted by atomic mass is 10.1. The molecule has 0 radical (unpaired) electrons. The summed E-state index contributed by atoms with van der Waals surface area (Å²) >= 11 is 6.03. The summed E-state index contributed by atoms with van der Waals surface area (Å²) in [6.07, 6.45) is 3.58. The molecule has 1 aromatic carbocycles. The number of rotatable bonds is 4. The molecule has 0 saturated heterocycles. The fraction of sp³-hybridized carbons (Fsp3) is 0.250. The second-order valence-electron chi connectivity index (χ2n) is 5.26. The molecule has 22 heavy (non-hydrogen) atoms. The zero-order chi connectivity index (χ0) is 15.7. The van der Waals surface area contributed by atoms with Crippen molar-refractivity contribution < 1.29 is 14.3 Å². The lowest BCUT2D eigenvalue weighted by Gasteiger charge is -2.09. The van der Waals surface area contributed by atoms with E-state index in [4.69, 9.17) is 11.6 Å². The van der Waals surface area contributed by atoms with Crippen molar-refractivity contribution in [3.8, 4) is 0 Å². The summed E-state index contributed by atoms with van der Waals surface area (Å²) < 4.78 is 13.9. The number of hydrogen-bond acceptors (Lipinski definition) is 3. The van der Waals surface area contributed by atoms with E-state index in [9.17, 15) is 14.3 Å². The van der Waals surface area contributed by atoms with Gasteiger partial charge in [-0.1, -0.05) is 17.7 Å². The van der Waals surface area contributed by atoms with Gasteiger partial charge in [-0.15, -0.1) is 0 Å². The second-order valence-corrected chi connectivity index (χ2v) is 5.67. The van der Waals surface area contributed by atoms with Crippen LogP contribution in [0.3, 0.4) is 0 Å². The lowest BCUT2D eigenvalue weighted by Crippen LogP contribution is -2.16. The number of carbonyl (C=O) groups excluding carboxylic acids is 1. The third-order valence-corrected chi connectivity index (χ3v) is 4.17. The van der Waals surface area contributed by atoms with Gasteiger partial charge in [0.15, 0.2) is 0 Å². The van der Waals surface area contributed by atoms with Gasteiger partial charge in [-0.25, -0.2) is 4.39 Å². The van der Waals surface area contributed by atoms with Crippen molar-refractivity contribution in [2.75, 3.05) is 5.32 Å². The summed E-state index contributed by atoms with van der Waals surface area (Å²) in [6, 6.07) is 6.15. The predicted octanol–water partition coefficient (Wildman–Crippen LogP) is 3.11. The summed E-state index contributed by atoms with van der Waals surface area (Å²) in [5, 5.41) is 12.3. The first kappa shape index (κ1) is 14.9. The molecule has 2 aromatic rings. The minimum Gasteiger partial charge on any atom is -0.392 e. The smallest absolute Gasteiger partial charge is 0.228 e. The molecule has 1 amide bonds. The van der Waals surface area contributed by atoms with Crippen molar-refractivity contribution in [2.24, 2.45) is 5.92 Å². The number of aromatic nitrogens is 1. The summed E-state index contributed by atoms with van der Waals surface area (Å²) in [7, 11) is 0. The molecule has 1 aromatic heterocycles. The molecule has 3 rings (SSSR count). The van der Waals surface area contributed by atoms with Crippen LogP contribution in [-0.2, 0) is 11.4 Å². The Bertz CT molecular complexity index is 703. The van der Waals surface area contributed by atoms with E-state index in [1.165, 1.54) is 12.3 Å². The van der Waals surface area contributed by atoms with Crippen molar-refractivity contribution in [3.05, 3.63) is 58.6 Å². The highest BCUT2D eigenvalue weighted by Crippen LogP contribution is 2.50. The second kappa shape index (κ2) is 6.02.